The predicted molar refractivity (Wildman–Crippen MR) is 122 cm³/mol. The molecular formula is C25H30ClF2NO4. The normalized spacial score (nSPS) is 18.4. The molecule has 180 valence electrons. The first kappa shape index (κ1) is 25.6. The molecule has 1 heterocycles. The SMILES string of the molecule is C[C@@H](OC[C@H](O)CN1CCC[C@H]1Cc1ccc(Cl)c(F)c1)c1cc(F)ccc1CCC(=O)O. The summed E-state index contributed by atoms with van der Waals surface area (Å²) in [7, 11) is 0. The summed E-state index contributed by atoms with van der Waals surface area (Å²) >= 11 is 5.77. The minimum absolute atomic E-state index is 0.0537. The van der Waals surface area contributed by atoms with Crippen molar-refractivity contribution in [2.75, 3.05) is 19.7 Å². The largest absolute Gasteiger partial charge is 0.481 e. The fourth-order valence-electron chi connectivity index (χ4n) is 4.39. The number of benzene rings is 2. The van der Waals surface area contributed by atoms with Gasteiger partial charge in [0.25, 0.3) is 0 Å². The highest BCUT2D eigenvalue weighted by molar-refractivity contribution is 6.30. The molecule has 0 saturated carbocycles. The summed E-state index contributed by atoms with van der Waals surface area (Å²) in [6.45, 7) is 3.09. The van der Waals surface area contributed by atoms with Gasteiger partial charge in [0.15, 0.2) is 0 Å². The van der Waals surface area contributed by atoms with E-state index in [2.05, 4.69) is 4.90 Å². The van der Waals surface area contributed by atoms with Crippen molar-refractivity contribution >= 4 is 17.6 Å². The van der Waals surface area contributed by atoms with Gasteiger partial charge in [0.2, 0.25) is 0 Å². The first-order valence-corrected chi connectivity index (χ1v) is 11.6. The first-order chi connectivity index (χ1) is 15.7. The third kappa shape index (κ3) is 7.47. The second kappa shape index (κ2) is 11.9. The molecule has 0 radical (unpaired) electrons. The van der Waals surface area contributed by atoms with Crippen LogP contribution in [0.3, 0.4) is 0 Å². The van der Waals surface area contributed by atoms with E-state index in [4.69, 9.17) is 21.4 Å². The summed E-state index contributed by atoms with van der Waals surface area (Å²) in [6, 6.07) is 9.29. The highest BCUT2D eigenvalue weighted by Crippen LogP contribution is 2.26. The Morgan fingerprint density at radius 1 is 1.27 bits per heavy atom. The van der Waals surface area contributed by atoms with Gasteiger partial charge < -0.3 is 14.9 Å². The molecule has 33 heavy (non-hydrogen) atoms. The van der Waals surface area contributed by atoms with Crippen molar-refractivity contribution in [3.63, 3.8) is 0 Å². The van der Waals surface area contributed by atoms with Crippen molar-refractivity contribution in [1.29, 1.82) is 0 Å². The molecule has 8 heteroatoms. The van der Waals surface area contributed by atoms with Crippen LogP contribution in [-0.4, -0.2) is 52.9 Å². The smallest absolute Gasteiger partial charge is 0.303 e. The Bertz CT molecular complexity index is 958. The zero-order valence-corrected chi connectivity index (χ0v) is 19.4. The number of aliphatic hydroxyl groups excluding tert-OH is 1. The van der Waals surface area contributed by atoms with Crippen molar-refractivity contribution in [3.8, 4) is 0 Å². The number of ether oxygens (including phenoxy) is 1. The summed E-state index contributed by atoms with van der Waals surface area (Å²) in [5, 5.41) is 19.6. The van der Waals surface area contributed by atoms with E-state index >= 15 is 0 Å². The van der Waals surface area contributed by atoms with Crippen LogP contribution in [-0.2, 0) is 22.4 Å². The quantitative estimate of drug-likeness (QED) is 0.483. The topological polar surface area (TPSA) is 70.0 Å². The Morgan fingerprint density at radius 3 is 2.79 bits per heavy atom. The van der Waals surface area contributed by atoms with Gasteiger partial charge >= 0.3 is 5.97 Å². The van der Waals surface area contributed by atoms with Gasteiger partial charge in [-0.3, -0.25) is 9.69 Å². The number of halogens is 3. The summed E-state index contributed by atoms with van der Waals surface area (Å²) in [4.78, 5) is 13.1. The molecule has 2 N–H and O–H groups in total. The van der Waals surface area contributed by atoms with E-state index in [-0.39, 0.29) is 30.5 Å². The minimum Gasteiger partial charge on any atom is -0.481 e. The average Bonchev–Trinajstić information content (AvgIpc) is 3.19. The Labute approximate surface area is 197 Å². The van der Waals surface area contributed by atoms with Crippen molar-refractivity contribution in [1.82, 2.24) is 4.90 Å². The molecule has 0 aromatic heterocycles. The number of carboxylic acids is 1. The lowest BCUT2D eigenvalue weighted by atomic mass is 9.99. The zero-order chi connectivity index (χ0) is 24.0. The predicted octanol–water partition coefficient (Wildman–Crippen LogP) is 4.78. The van der Waals surface area contributed by atoms with E-state index in [0.29, 0.717) is 18.5 Å². The maximum absolute atomic E-state index is 13.8. The molecule has 3 atom stereocenters. The number of carbonyl (C=O) groups is 1. The second-order valence-electron chi connectivity index (χ2n) is 8.61. The van der Waals surface area contributed by atoms with Gasteiger partial charge in [-0.25, -0.2) is 8.78 Å². The van der Waals surface area contributed by atoms with E-state index in [1.54, 1.807) is 19.1 Å². The monoisotopic (exact) mass is 481 g/mol. The lowest BCUT2D eigenvalue weighted by Crippen LogP contribution is -2.39. The molecule has 2 aromatic carbocycles. The van der Waals surface area contributed by atoms with E-state index in [9.17, 15) is 18.7 Å². The van der Waals surface area contributed by atoms with E-state index in [0.717, 1.165) is 30.5 Å². The molecule has 5 nitrogen and oxygen atoms in total. The molecule has 0 bridgehead atoms. The van der Waals surface area contributed by atoms with Crippen molar-refractivity contribution in [2.45, 2.75) is 57.3 Å². The summed E-state index contributed by atoms with van der Waals surface area (Å²) in [5.74, 6) is -1.77. The van der Waals surface area contributed by atoms with Crippen LogP contribution in [0.25, 0.3) is 0 Å². The fourth-order valence-corrected chi connectivity index (χ4v) is 4.50. The number of β-amino-alcohol motifs (C(OH)–C–C–N with tert-alkyl or cyclic N) is 1. The highest BCUT2D eigenvalue weighted by Gasteiger charge is 2.27. The van der Waals surface area contributed by atoms with Gasteiger partial charge in [-0.05, 0) is 80.1 Å². The number of aliphatic hydroxyl groups is 1. The molecule has 0 unspecified atom stereocenters. The third-order valence-corrected chi connectivity index (χ3v) is 6.40. The van der Waals surface area contributed by atoms with Crippen LogP contribution in [0.5, 0.6) is 0 Å². The zero-order valence-electron chi connectivity index (χ0n) is 18.6. The average molecular weight is 482 g/mol. The number of likely N-dealkylation sites (tertiary alicyclic amines) is 1. The van der Waals surface area contributed by atoms with Crippen molar-refractivity contribution in [3.05, 3.63) is 69.7 Å². The van der Waals surface area contributed by atoms with E-state index < -0.39 is 29.8 Å². The minimum atomic E-state index is -0.921. The Morgan fingerprint density at radius 2 is 2.06 bits per heavy atom. The number of aryl methyl sites for hydroxylation is 1. The third-order valence-electron chi connectivity index (χ3n) is 6.09. The van der Waals surface area contributed by atoms with Crippen LogP contribution in [0, 0.1) is 11.6 Å². The van der Waals surface area contributed by atoms with Gasteiger partial charge in [0.05, 0.1) is 23.8 Å². The maximum Gasteiger partial charge on any atom is 0.303 e. The number of hydrogen-bond donors (Lipinski definition) is 2. The Balaban J connectivity index is 1.54. The summed E-state index contributed by atoms with van der Waals surface area (Å²) in [6.07, 6.45) is 1.63. The van der Waals surface area contributed by atoms with E-state index in [1.807, 2.05) is 6.07 Å². The summed E-state index contributed by atoms with van der Waals surface area (Å²) in [5.41, 5.74) is 2.18. The number of aliphatic carboxylic acids is 1. The van der Waals surface area contributed by atoms with Crippen LogP contribution in [0.15, 0.2) is 36.4 Å². The van der Waals surface area contributed by atoms with Crippen LogP contribution in [0.2, 0.25) is 5.02 Å². The van der Waals surface area contributed by atoms with Crippen LogP contribution in [0.1, 0.15) is 49.0 Å². The molecule has 1 aliphatic heterocycles. The molecule has 3 rings (SSSR count). The molecule has 0 aliphatic carbocycles. The molecule has 1 fully saturated rings. The van der Waals surface area contributed by atoms with Crippen LogP contribution >= 0.6 is 11.6 Å². The second-order valence-corrected chi connectivity index (χ2v) is 9.02. The van der Waals surface area contributed by atoms with Gasteiger partial charge in [0.1, 0.15) is 11.6 Å². The molecule has 0 amide bonds. The lowest BCUT2D eigenvalue weighted by molar-refractivity contribution is -0.136. The van der Waals surface area contributed by atoms with Crippen molar-refractivity contribution < 1.29 is 28.5 Å². The van der Waals surface area contributed by atoms with Crippen LogP contribution in [0.4, 0.5) is 8.78 Å². The van der Waals surface area contributed by atoms with Gasteiger partial charge in [-0.15, -0.1) is 0 Å². The molecular weight excluding hydrogens is 452 g/mol. The van der Waals surface area contributed by atoms with Gasteiger partial charge in [-0.2, -0.15) is 0 Å². The molecule has 1 aliphatic rings. The fraction of sp³-hybridized carbons (Fsp3) is 0.480. The maximum atomic E-state index is 13.8. The number of rotatable bonds is 11. The Kier molecular flexibility index (Phi) is 9.20. The first-order valence-electron chi connectivity index (χ1n) is 11.2. The molecule has 0 spiro atoms. The Hall–Kier alpha value is -2.06. The summed E-state index contributed by atoms with van der Waals surface area (Å²) < 4.78 is 33.4. The molecule has 1 saturated heterocycles. The van der Waals surface area contributed by atoms with E-state index in [1.165, 1.54) is 18.2 Å². The van der Waals surface area contributed by atoms with Crippen molar-refractivity contribution in [2.24, 2.45) is 0 Å². The number of nitrogens with zero attached hydrogens (tertiary/aromatic N) is 1. The van der Waals surface area contributed by atoms with Gasteiger partial charge in [-0.1, -0.05) is 23.7 Å². The highest BCUT2D eigenvalue weighted by atomic mass is 35.5. The number of hydrogen-bond acceptors (Lipinski definition) is 4. The molecule has 2 aromatic rings. The number of carboxylic acid groups (broad SMARTS) is 1. The lowest BCUT2D eigenvalue weighted by Gasteiger charge is -2.27. The standard InChI is InChI=1S/C25H30ClF2NO4/c1-16(22-13-19(27)7-5-18(22)6-9-25(31)32)33-15-21(30)14-29-10-2-3-20(29)11-17-4-8-23(26)24(28)12-17/h4-5,7-8,12-13,16,20-21,30H,2-3,6,9-11,14-15H2,1H3,(H,31,32)/t16-,20+,21-/m1/s1. The van der Waals surface area contributed by atoms with Crippen LogP contribution < -0.4 is 0 Å². The van der Waals surface area contributed by atoms with Gasteiger partial charge in [0, 0.05) is 19.0 Å².